The number of rotatable bonds is 6. The van der Waals surface area contributed by atoms with E-state index in [9.17, 15) is 4.79 Å². The van der Waals surface area contributed by atoms with E-state index in [4.69, 9.17) is 0 Å². The zero-order valence-corrected chi connectivity index (χ0v) is 14.1. The molecule has 0 atom stereocenters. The molecule has 3 nitrogen and oxygen atoms in total. The lowest BCUT2D eigenvalue weighted by atomic mass is 9.75. The molecule has 0 aromatic heterocycles. The van der Waals surface area contributed by atoms with Gasteiger partial charge in [-0.15, -0.1) is 0 Å². The van der Waals surface area contributed by atoms with Crippen molar-refractivity contribution in [2.75, 3.05) is 34.2 Å². The minimum absolute atomic E-state index is 0.225. The summed E-state index contributed by atoms with van der Waals surface area (Å²) < 4.78 is 0. The fourth-order valence-corrected chi connectivity index (χ4v) is 3.35. The molecule has 1 aliphatic rings. The highest BCUT2D eigenvalue weighted by molar-refractivity contribution is 5.98. The molecule has 116 valence electrons. The Balaban J connectivity index is 1.99. The standard InChI is InChI=1S/C18H28N2O/c1-14-7-8-16(15(2)11-14)17(21)12-20(5)13-18(19(3)4)9-6-10-18/h7-8,11H,6,9-10,12-13H2,1-5H3. The van der Waals surface area contributed by atoms with Crippen molar-refractivity contribution in [2.24, 2.45) is 0 Å². The minimum Gasteiger partial charge on any atom is -0.302 e. The van der Waals surface area contributed by atoms with Gasteiger partial charge in [-0.3, -0.25) is 9.69 Å². The minimum atomic E-state index is 0.225. The Morgan fingerprint density at radius 1 is 1.19 bits per heavy atom. The number of Topliss-reactive ketones (excluding diaryl/α,β-unsaturated/α-hetero) is 1. The molecule has 0 spiro atoms. The number of nitrogens with zero attached hydrogens (tertiary/aromatic N) is 2. The van der Waals surface area contributed by atoms with Crippen molar-refractivity contribution in [3.63, 3.8) is 0 Å². The van der Waals surface area contributed by atoms with Gasteiger partial charge in [0.15, 0.2) is 5.78 Å². The number of ketones is 1. The van der Waals surface area contributed by atoms with E-state index >= 15 is 0 Å². The zero-order chi connectivity index (χ0) is 15.6. The smallest absolute Gasteiger partial charge is 0.177 e. The number of hydrogen-bond donors (Lipinski definition) is 0. The Kier molecular flexibility index (Phi) is 4.84. The first kappa shape index (κ1) is 16.2. The second kappa shape index (κ2) is 6.29. The summed E-state index contributed by atoms with van der Waals surface area (Å²) >= 11 is 0. The molecule has 0 N–H and O–H groups in total. The second-order valence-corrected chi connectivity index (χ2v) is 6.89. The highest BCUT2D eigenvalue weighted by Gasteiger charge is 2.39. The fourth-order valence-electron chi connectivity index (χ4n) is 3.35. The lowest BCUT2D eigenvalue weighted by Crippen LogP contribution is -2.57. The first-order valence-corrected chi connectivity index (χ1v) is 7.80. The Morgan fingerprint density at radius 2 is 1.86 bits per heavy atom. The van der Waals surface area contributed by atoms with E-state index in [2.05, 4.69) is 43.9 Å². The normalized spacial score (nSPS) is 17.1. The van der Waals surface area contributed by atoms with Crippen molar-refractivity contribution in [2.45, 2.75) is 38.6 Å². The molecular weight excluding hydrogens is 260 g/mol. The first-order chi connectivity index (χ1) is 9.84. The van der Waals surface area contributed by atoms with E-state index in [1.807, 2.05) is 19.1 Å². The van der Waals surface area contributed by atoms with E-state index in [-0.39, 0.29) is 11.3 Å². The van der Waals surface area contributed by atoms with Crippen molar-refractivity contribution < 1.29 is 4.79 Å². The second-order valence-electron chi connectivity index (χ2n) is 6.89. The van der Waals surface area contributed by atoms with E-state index in [1.165, 1.54) is 24.8 Å². The lowest BCUT2D eigenvalue weighted by Gasteiger charge is -2.49. The van der Waals surface area contributed by atoms with Crippen LogP contribution in [0.15, 0.2) is 18.2 Å². The number of hydrogen-bond acceptors (Lipinski definition) is 3. The Hall–Kier alpha value is -1.19. The molecule has 1 aromatic rings. The third-order valence-corrected chi connectivity index (χ3v) is 4.89. The number of carbonyl (C=O) groups excluding carboxylic acids is 1. The molecule has 1 aliphatic carbocycles. The van der Waals surface area contributed by atoms with Gasteiger partial charge in [0.25, 0.3) is 0 Å². The Labute approximate surface area is 128 Å². The predicted molar refractivity (Wildman–Crippen MR) is 88.0 cm³/mol. The Morgan fingerprint density at radius 3 is 2.33 bits per heavy atom. The summed E-state index contributed by atoms with van der Waals surface area (Å²) in [7, 11) is 6.36. The van der Waals surface area contributed by atoms with Gasteiger partial charge in [0.1, 0.15) is 0 Å². The van der Waals surface area contributed by atoms with Crippen molar-refractivity contribution >= 4 is 5.78 Å². The largest absolute Gasteiger partial charge is 0.302 e. The molecule has 0 radical (unpaired) electrons. The molecule has 0 amide bonds. The number of aryl methyl sites for hydroxylation is 2. The predicted octanol–water partition coefficient (Wildman–Crippen LogP) is 2.90. The van der Waals surface area contributed by atoms with Crippen molar-refractivity contribution in [1.82, 2.24) is 9.80 Å². The molecule has 0 bridgehead atoms. The van der Waals surface area contributed by atoms with Gasteiger partial charge in [-0.2, -0.15) is 0 Å². The molecule has 0 unspecified atom stereocenters. The van der Waals surface area contributed by atoms with Crippen LogP contribution in [0.5, 0.6) is 0 Å². The SMILES string of the molecule is Cc1ccc(C(=O)CN(C)CC2(N(C)C)CCC2)c(C)c1. The molecule has 1 saturated carbocycles. The lowest BCUT2D eigenvalue weighted by molar-refractivity contribution is 0.0280. The van der Waals surface area contributed by atoms with Crippen LogP contribution >= 0.6 is 0 Å². The third kappa shape index (κ3) is 3.53. The molecule has 2 rings (SSSR count). The summed E-state index contributed by atoms with van der Waals surface area (Å²) in [6.07, 6.45) is 3.78. The van der Waals surface area contributed by atoms with E-state index in [1.54, 1.807) is 0 Å². The van der Waals surface area contributed by atoms with Gasteiger partial charge in [-0.1, -0.05) is 23.8 Å². The molecule has 1 aromatic carbocycles. The van der Waals surface area contributed by atoms with Crippen LogP contribution in [0.4, 0.5) is 0 Å². The van der Waals surface area contributed by atoms with E-state index in [0.29, 0.717) is 6.54 Å². The van der Waals surface area contributed by atoms with Gasteiger partial charge in [0, 0.05) is 17.6 Å². The van der Waals surface area contributed by atoms with Crippen LogP contribution in [-0.4, -0.2) is 55.4 Å². The third-order valence-electron chi connectivity index (χ3n) is 4.89. The zero-order valence-electron chi connectivity index (χ0n) is 14.1. The highest BCUT2D eigenvalue weighted by atomic mass is 16.1. The maximum Gasteiger partial charge on any atom is 0.177 e. The average Bonchev–Trinajstić information content (AvgIpc) is 2.32. The van der Waals surface area contributed by atoms with E-state index < -0.39 is 0 Å². The summed E-state index contributed by atoms with van der Waals surface area (Å²) in [6.45, 7) is 5.55. The summed E-state index contributed by atoms with van der Waals surface area (Å²) in [6, 6.07) is 6.07. The highest BCUT2D eigenvalue weighted by Crippen LogP contribution is 2.36. The molecule has 0 saturated heterocycles. The van der Waals surface area contributed by atoms with Crippen LogP contribution in [-0.2, 0) is 0 Å². The van der Waals surface area contributed by atoms with Crippen molar-refractivity contribution in [1.29, 1.82) is 0 Å². The maximum absolute atomic E-state index is 12.5. The molecule has 1 fully saturated rings. The van der Waals surface area contributed by atoms with Crippen LogP contribution in [0.1, 0.15) is 40.7 Å². The number of carbonyl (C=O) groups is 1. The van der Waals surface area contributed by atoms with Crippen LogP contribution in [0.2, 0.25) is 0 Å². The summed E-state index contributed by atoms with van der Waals surface area (Å²) in [5.74, 6) is 0.225. The molecule has 3 heteroatoms. The Bertz CT molecular complexity index is 518. The maximum atomic E-state index is 12.5. The quantitative estimate of drug-likeness (QED) is 0.752. The molecule has 0 heterocycles. The first-order valence-electron chi connectivity index (χ1n) is 7.80. The molecular formula is C18H28N2O. The van der Waals surface area contributed by atoms with Gasteiger partial charge in [0.2, 0.25) is 0 Å². The summed E-state index contributed by atoms with van der Waals surface area (Å²) in [4.78, 5) is 17.0. The number of benzene rings is 1. The van der Waals surface area contributed by atoms with Gasteiger partial charge in [0.05, 0.1) is 6.54 Å². The van der Waals surface area contributed by atoms with Gasteiger partial charge >= 0.3 is 0 Å². The van der Waals surface area contributed by atoms with Crippen LogP contribution in [0, 0.1) is 13.8 Å². The van der Waals surface area contributed by atoms with Crippen LogP contribution < -0.4 is 0 Å². The van der Waals surface area contributed by atoms with Crippen molar-refractivity contribution in [3.8, 4) is 0 Å². The summed E-state index contributed by atoms with van der Waals surface area (Å²) in [5, 5.41) is 0. The molecule has 0 aliphatic heterocycles. The van der Waals surface area contributed by atoms with Crippen molar-refractivity contribution in [3.05, 3.63) is 34.9 Å². The monoisotopic (exact) mass is 288 g/mol. The fraction of sp³-hybridized carbons (Fsp3) is 0.611. The van der Waals surface area contributed by atoms with Gasteiger partial charge in [-0.05, 0) is 59.8 Å². The van der Waals surface area contributed by atoms with Crippen LogP contribution in [0.3, 0.4) is 0 Å². The summed E-state index contributed by atoms with van der Waals surface area (Å²) in [5.41, 5.74) is 3.43. The van der Waals surface area contributed by atoms with E-state index in [0.717, 1.165) is 17.7 Å². The van der Waals surface area contributed by atoms with Gasteiger partial charge in [-0.25, -0.2) is 0 Å². The van der Waals surface area contributed by atoms with Crippen LogP contribution in [0.25, 0.3) is 0 Å². The average molecular weight is 288 g/mol. The molecule has 21 heavy (non-hydrogen) atoms. The topological polar surface area (TPSA) is 23.6 Å². The number of likely N-dealkylation sites (N-methyl/N-ethyl adjacent to an activating group) is 2. The van der Waals surface area contributed by atoms with Gasteiger partial charge < -0.3 is 4.90 Å².